The van der Waals surface area contributed by atoms with Gasteiger partial charge in [0.15, 0.2) is 0 Å². The van der Waals surface area contributed by atoms with Gasteiger partial charge in [-0.3, -0.25) is 47.3 Å². The highest BCUT2D eigenvalue weighted by atomic mass is 79.9. The Morgan fingerprint density at radius 1 is 0.560 bits per heavy atom. The van der Waals surface area contributed by atoms with Gasteiger partial charge >= 0.3 is 35.9 Å². The maximum absolute atomic E-state index is 15.2. The predicted octanol–water partition coefficient (Wildman–Crippen LogP) is 10.6. The quantitative estimate of drug-likeness (QED) is 0.0172. The first-order valence-electron chi connectivity index (χ1n) is 34.6. The lowest BCUT2D eigenvalue weighted by molar-refractivity contribution is -0.154. The molecule has 4 aliphatic heterocycles. The molecule has 0 radical (unpaired) electrons. The summed E-state index contributed by atoms with van der Waals surface area (Å²) in [6.07, 6.45) is -9.14. The lowest BCUT2D eigenvalue weighted by atomic mass is 9.85. The smallest absolute Gasteiger partial charge is 0.449 e. The molecule has 2 spiro atoms. The molecule has 8 heterocycles. The molecule has 12 rings (SSSR count). The summed E-state index contributed by atoms with van der Waals surface area (Å²) in [7, 11) is 2.62. The number of halogens is 10. The number of aromatic nitrogens is 4. The molecule has 2 saturated heterocycles. The summed E-state index contributed by atoms with van der Waals surface area (Å²) in [5.41, 5.74) is 11.0. The third-order valence-corrected chi connectivity index (χ3v) is 19.6. The molecule has 6 N–H and O–H groups in total. The van der Waals surface area contributed by atoms with Crippen LogP contribution in [0.3, 0.4) is 0 Å². The van der Waals surface area contributed by atoms with Gasteiger partial charge in [0.1, 0.15) is 47.6 Å². The van der Waals surface area contributed by atoms with E-state index in [0.29, 0.717) is 114 Å². The van der Waals surface area contributed by atoms with Gasteiger partial charge in [-0.05, 0) is 98.2 Å². The van der Waals surface area contributed by atoms with Crippen molar-refractivity contribution in [3.8, 4) is 0 Å². The molecule has 4 aliphatic rings. The average Bonchev–Trinajstić information content (AvgIpc) is 1.61. The zero-order valence-corrected chi connectivity index (χ0v) is 63.1. The standard InChI is InChI=1S/C36H39F4N5O7.C32H32F4N4O4.C4H8BrNO3.C2H5BrO/c1-23-7-6-10-27(37)26(23)20-44-29-22-51-35(13-16-43(17-14-35)19-25-11-12-30(52-25)36(38,39)40)31(29)32(46)45(34(44)48)21-28(24-8-4-3-5-9-24)41-15-18-50-33(47)42-49-2;1-20-6-5-9-24(33)23(20)17-39-26-19-43-31(12-14-38(15-13-31)16-22-10-11-27(44-22)32(34,35)36)28(26)29(41)40(30(39)42)18-25(37)21-7-3-2-4-8-21;1-8-6-4(7)9-3-2-5;3-1-2-4/h3-12,28,41H,13-22H2,1-2H3,(H,42,47);2-11,25H,12-19,37H2,1H3;2-3H2,1H3,(H,6,7);4H,1-2H2/t28-;25-;;/m00../s1. The minimum atomic E-state index is -4.59. The summed E-state index contributed by atoms with van der Waals surface area (Å²) in [4.78, 5) is 91.7. The van der Waals surface area contributed by atoms with Gasteiger partial charge in [-0.2, -0.15) is 37.3 Å². The summed E-state index contributed by atoms with van der Waals surface area (Å²) in [6, 6.07) is 30.8. The number of likely N-dealkylation sites (tertiary alicyclic amines) is 2. The molecule has 0 aliphatic carbocycles. The second-order valence-corrected chi connectivity index (χ2v) is 27.4. The number of hydroxylamine groups is 2. The van der Waals surface area contributed by atoms with Crippen LogP contribution < -0.4 is 44.5 Å². The van der Waals surface area contributed by atoms with Crippen molar-refractivity contribution < 1.29 is 87.3 Å². The number of nitrogens with zero attached hydrogens (tertiary/aromatic N) is 6. The largest absolute Gasteiger partial charge is 0.455 e. The fourth-order valence-corrected chi connectivity index (χ4v) is 13.6. The predicted molar refractivity (Wildman–Crippen MR) is 388 cm³/mol. The number of aliphatic hydroxyl groups excluding tert-OH is 1. The first kappa shape index (κ1) is 84.4. The second-order valence-electron chi connectivity index (χ2n) is 25.8. The lowest BCUT2D eigenvalue weighted by Crippen LogP contribution is -2.50. The van der Waals surface area contributed by atoms with E-state index in [9.17, 15) is 59.5 Å². The molecular weight excluding hydrogens is 1580 g/mol. The van der Waals surface area contributed by atoms with Gasteiger partial charge in [0.25, 0.3) is 11.1 Å². The molecule has 2 amide bonds. The number of amides is 2. The van der Waals surface area contributed by atoms with Crippen LogP contribution >= 0.6 is 31.9 Å². The highest BCUT2D eigenvalue weighted by molar-refractivity contribution is 9.09. The Morgan fingerprint density at radius 3 is 1.36 bits per heavy atom. The maximum atomic E-state index is 15.2. The van der Waals surface area contributed by atoms with Crippen LogP contribution in [0.1, 0.15) is 117 Å². The number of benzene rings is 4. The van der Waals surface area contributed by atoms with Crippen LogP contribution in [0.4, 0.5) is 44.7 Å². The fraction of sp³-hybridized carbons (Fsp3) is 0.432. The van der Waals surface area contributed by atoms with Crippen LogP contribution in [-0.4, -0.2) is 123 Å². The number of aliphatic hydroxyl groups is 1. The van der Waals surface area contributed by atoms with Crippen LogP contribution in [-0.2, 0) is 105 Å². The summed E-state index contributed by atoms with van der Waals surface area (Å²) in [5, 5.41) is 12.4. The van der Waals surface area contributed by atoms with E-state index in [4.69, 9.17) is 33.9 Å². The molecule has 2 fully saturated rings. The monoisotopic (exact) mass is 1660 g/mol. The van der Waals surface area contributed by atoms with Crippen molar-refractivity contribution in [2.75, 3.05) is 77.4 Å². The molecule has 4 aromatic heterocycles. The van der Waals surface area contributed by atoms with E-state index in [-0.39, 0.29) is 83.8 Å². The van der Waals surface area contributed by atoms with Crippen molar-refractivity contribution in [3.05, 3.63) is 254 Å². The van der Waals surface area contributed by atoms with E-state index in [1.54, 1.807) is 38.1 Å². The average molecular weight is 1670 g/mol. The minimum absolute atomic E-state index is 0.00792. The molecule has 0 bridgehead atoms. The Hall–Kier alpha value is -8.62. The van der Waals surface area contributed by atoms with Crippen LogP contribution in [0.25, 0.3) is 0 Å². The number of ether oxygens (including phenoxy) is 4. The van der Waals surface area contributed by atoms with Crippen molar-refractivity contribution in [2.45, 2.75) is 128 Å². The molecular formula is C74H84Br2F8N10O15. The van der Waals surface area contributed by atoms with Gasteiger partial charge in [-0.1, -0.05) is 117 Å². The zero-order valence-electron chi connectivity index (χ0n) is 60.0. The fourth-order valence-electron chi connectivity index (χ4n) is 13.5. The summed E-state index contributed by atoms with van der Waals surface area (Å²) in [5.74, 6) is -2.72. The molecule has 25 nitrogen and oxygen atoms in total. The van der Waals surface area contributed by atoms with Crippen LogP contribution in [0.15, 0.2) is 149 Å². The van der Waals surface area contributed by atoms with E-state index in [0.717, 1.165) is 32.4 Å². The number of carbonyl (C=O) groups excluding carboxylic acids is 2. The molecule has 4 aromatic carbocycles. The van der Waals surface area contributed by atoms with Gasteiger partial charge in [0, 0.05) is 60.6 Å². The van der Waals surface area contributed by atoms with Crippen LogP contribution in [0.5, 0.6) is 0 Å². The van der Waals surface area contributed by atoms with Crippen molar-refractivity contribution >= 4 is 44.0 Å². The Morgan fingerprint density at radius 2 is 0.972 bits per heavy atom. The zero-order chi connectivity index (χ0) is 78.8. The molecule has 0 unspecified atom stereocenters. The van der Waals surface area contributed by atoms with E-state index < -0.39 is 93.5 Å². The highest BCUT2D eigenvalue weighted by Crippen LogP contribution is 2.45. The first-order valence-corrected chi connectivity index (χ1v) is 36.8. The molecule has 35 heteroatoms. The number of aryl methyl sites for hydroxylation is 2. The number of alkyl halides is 8. The van der Waals surface area contributed by atoms with Crippen LogP contribution in [0, 0.1) is 25.5 Å². The van der Waals surface area contributed by atoms with E-state index in [1.807, 2.05) is 75.9 Å². The van der Waals surface area contributed by atoms with E-state index >= 15 is 4.39 Å². The molecule has 0 saturated carbocycles. The Balaban J connectivity index is 0.000000218. The summed E-state index contributed by atoms with van der Waals surface area (Å²) < 4.78 is 146. The van der Waals surface area contributed by atoms with E-state index in [1.165, 1.54) is 47.6 Å². The number of furan rings is 2. The Bertz CT molecular complexity index is 4570. The SMILES string of the molecule is CONC(=O)OCCBr.CONC(=O)OCCN[C@@H](Cn1c(=O)c2c(n(Cc3c(C)cccc3F)c1=O)COC21CCN(Cc2ccc(C(F)(F)F)o2)CC1)c1ccccc1.Cc1cccc(F)c1Cn1c2c(c(=O)n(C[C@H](N)c3ccccc3)c1=O)C1(CCN(Cc3ccc(C(F)(F)F)o3)CC1)OC2.OCCBr. The first-order chi connectivity index (χ1) is 52.1. The summed E-state index contributed by atoms with van der Waals surface area (Å²) >= 11 is 6.08. The lowest BCUT2D eigenvalue weighted by Gasteiger charge is -2.38. The number of hydrogen-bond donors (Lipinski definition) is 5. The van der Waals surface area contributed by atoms with E-state index in [2.05, 4.69) is 57.1 Å². The minimum Gasteiger partial charge on any atom is -0.455 e. The highest BCUT2D eigenvalue weighted by Gasteiger charge is 2.49. The van der Waals surface area contributed by atoms with Gasteiger partial charge in [0.2, 0.25) is 11.5 Å². The molecule has 109 heavy (non-hydrogen) atoms. The number of carbonyl (C=O) groups is 2. The van der Waals surface area contributed by atoms with Crippen LogP contribution in [0.2, 0.25) is 0 Å². The number of hydrogen-bond acceptors (Lipinski definition) is 19. The number of nitrogens with one attached hydrogen (secondary N) is 3. The molecule has 590 valence electrons. The number of nitrogens with two attached hydrogens (primary N) is 1. The van der Waals surface area contributed by atoms with Gasteiger partial charge in [-0.25, -0.2) is 28.0 Å². The van der Waals surface area contributed by atoms with Gasteiger partial charge < -0.3 is 43.9 Å². The third-order valence-electron chi connectivity index (χ3n) is 18.9. The Labute approximate surface area is 636 Å². The molecule has 2 atom stereocenters. The normalized spacial score (nSPS) is 15.7. The number of piperidine rings is 2. The number of fused-ring (bicyclic) bond motifs is 4. The number of rotatable bonds is 23. The second kappa shape index (κ2) is 38.3. The van der Waals surface area contributed by atoms with Crippen molar-refractivity contribution in [1.29, 1.82) is 0 Å². The topological polar surface area (TPSA) is 293 Å². The van der Waals surface area contributed by atoms with Gasteiger partial charge in [-0.15, -0.1) is 0 Å². The summed E-state index contributed by atoms with van der Waals surface area (Å²) in [6.45, 7) is 5.58. The Kier molecular flexibility index (Phi) is 29.7. The third kappa shape index (κ3) is 21.1. The van der Waals surface area contributed by atoms with Gasteiger partial charge in [0.05, 0.1) is 102 Å². The van der Waals surface area contributed by atoms with Crippen molar-refractivity contribution in [2.24, 2.45) is 5.73 Å². The van der Waals surface area contributed by atoms with Crippen molar-refractivity contribution in [3.63, 3.8) is 0 Å². The molecule has 8 aromatic rings. The maximum Gasteiger partial charge on any atom is 0.449 e. The van der Waals surface area contributed by atoms with Crippen molar-refractivity contribution in [1.82, 2.24) is 44.3 Å².